The van der Waals surface area contributed by atoms with Crippen molar-refractivity contribution in [3.8, 4) is 0 Å². The third kappa shape index (κ3) is 6.22. The Bertz CT molecular complexity index is 340. The van der Waals surface area contributed by atoms with Crippen LogP contribution in [0.4, 0.5) is 13.2 Å². The summed E-state index contributed by atoms with van der Waals surface area (Å²) >= 11 is 0. The predicted molar refractivity (Wildman–Crippen MR) is 71.9 cm³/mol. The van der Waals surface area contributed by atoms with E-state index in [1.54, 1.807) is 0 Å². The first kappa shape index (κ1) is 16.5. The minimum atomic E-state index is -4.33. The lowest BCUT2D eigenvalue weighted by molar-refractivity contribution is -0.175. The molecule has 1 atom stereocenters. The van der Waals surface area contributed by atoms with Gasteiger partial charge in [0.25, 0.3) is 0 Å². The van der Waals surface area contributed by atoms with Crippen molar-refractivity contribution < 1.29 is 22.7 Å². The van der Waals surface area contributed by atoms with Crippen molar-refractivity contribution >= 4 is 5.91 Å². The molecule has 21 heavy (non-hydrogen) atoms. The van der Waals surface area contributed by atoms with E-state index in [4.69, 9.17) is 0 Å². The maximum Gasteiger partial charge on any atom is 0.411 e. The van der Waals surface area contributed by atoms with Crippen LogP contribution in [-0.4, -0.2) is 55.4 Å². The summed E-state index contributed by atoms with van der Waals surface area (Å²) in [4.78, 5) is 14.0. The fourth-order valence-electron chi connectivity index (χ4n) is 2.65. The fourth-order valence-corrected chi connectivity index (χ4v) is 2.65. The highest BCUT2D eigenvalue weighted by atomic mass is 19.4. The number of carbonyl (C=O) groups excluding carboxylic acids is 1. The van der Waals surface area contributed by atoms with Crippen LogP contribution in [0.15, 0.2) is 0 Å². The number of nitrogens with zero attached hydrogens (tertiary/aromatic N) is 1. The third-order valence-electron chi connectivity index (χ3n) is 3.86. The van der Waals surface area contributed by atoms with Crippen LogP contribution in [0.1, 0.15) is 38.5 Å². The first-order chi connectivity index (χ1) is 9.96. The highest BCUT2D eigenvalue weighted by molar-refractivity contribution is 5.77. The van der Waals surface area contributed by atoms with Gasteiger partial charge in [0.1, 0.15) is 6.61 Å². The minimum absolute atomic E-state index is 0.0271. The van der Waals surface area contributed by atoms with Gasteiger partial charge in [-0.3, -0.25) is 4.79 Å². The second kappa shape index (κ2) is 7.45. The van der Waals surface area contributed by atoms with Crippen LogP contribution >= 0.6 is 0 Å². The molecule has 0 spiro atoms. The molecule has 1 unspecified atom stereocenters. The van der Waals surface area contributed by atoms with Crippen molar-refractivity contribution in [3.05, 3.63) is 0 Å². The Balaban J connectivity index is 1.71. The molecule has 1 N–H and O–H groups in total. The Morgan fingerprint density at radius 2 is 2.00 bits per heavy atom. The van der Waals surface area contributed by atoms with Gasteiger partial charge in [0.05, 0.1) is 13.0 Å². The molecule has 1 aliphatic carbocycles. The molecular formula is C14H23F3N2O2. The summed E-state index contributed by atoms with van der Waals surface area (Å²) in [5, 5.41) is 3.40. The molecule has 0 aromatic rings. The molecule has 4 nitrogen and oxygen atoms in total. The molecule has 0 bridgehead atoms. The molecule has 0 aromatic heterocycles. The zero-order valence-corrected chi connectivity index (χ0v) is 12.1. The summed E-state index contributed by atoms with van der Waals surface area (Å²) in [6.45, 7) is 0.197. The van der Waals surface area contributed by atoms with Crippen molar-refractivity contribution in [2.45, 2.75) is 56.8 Å². The van der Waals surface area contributed by atoms with Gasteiger partial charge in [-0.2, -0.15) is 13.2 Å². The van der Waals surface area contributed by atoms with Gasteiger partial charge in [0, 0.05) is 18.6 Å². The zero-order valence-electron chi connectivity index (χ0n) is 12.1. The predicted octanol–water partition coefficient (Wildman–Crippen LogP) is 2.09. The first-order valence-corrected chi connectivity index (χ1v) is 7.63. The lowest BCUT2D eigenvalue weighted by atomic mass is 10.0. The number of carbonyl (C=O) groups is 1. The Morgan fingerprint density at radius 1 is 1.24 bits per heavy atom. The molecule has 1 saturated heterocycles. The molecule has 1 aliphatic heterocycles. The number of rotatable bonds is 7. The molecule has 2 rings (SSSR count). The summed E-state index contributed by atoms with van der Waals surface area (Å²) in [7, 11) is 0. The van der Waals surface area contributed by atoms with E-state index in [9.17, 15) is 18.0 Å². The highest BCUT2D eigenvalue weighted by Gasteiger charge is 2.34. The van der Waals surface area contributed by atoms with Crippen molar-refractivity contribution in [3.63, 3.8) is 0 Å². The van der Waals surface area contributed by atoms with E-state index in [2.05, 4.69) is 10.1 Å². The van der Waals surface area contributed by atoms with E-state index in [1.165, 1.54) is 12.8 Å². The summed E-state index contributed by atoms with van der Waals surface area (Å²) in [6.07, 6.45) is 1.09. The average molecular weight is 308 g/mol. The minimum Gasteiger partial charge on any atom is -0.372 e. The largest absolute Gasteiger partial charge is 0.411 e. The molecule has 122 valence electrons. The summed E-state index contributed by atoms with van der Waals surface area (Å²) < 4.78 is 40.4. The van der Waals surface area contributed by atoms with Gasteiger partial charge in [0.15, 0.2) is 0 Å². The number of alkyl halides is 3. The molecule has 1 saturated carbocycles. The SMILES string of the molecule is O=C(CCOCC(F)(F)F)N(CC1CCCCN1)C1CC1. The van der Waals surface area contributed by atoms with Gasteiger partial charge in [-0.05, 0) is 32.2 Å². The number of amides is 1. The van der Waals surface area contributed by atoms with E-state index in [0.29, 0.717) is 12.6 Å². The second-order valence-electron chi connectivity index (χ2n) is 5.84. The molecule has 2 aliphatic rings. The zero-order chi connectivity index (χ0) is 15.3. The fraction of sp³-hybridized carbons (Fsp3) is 0.929. The van der Waals surface area contributed by atoms with E-state index in [0.717, 1.165) is 25.8 Å². The smallest absolute Gasteiger partial charge is 0.372 e. The van der Waals surface area contributed by atoms with Gasteiger partial charge < -0.3 is 15.0 Å². The second-order valence-corrected chi connectivity index (χ2v) is 5.84. The van der Waals surface area contributed by atoms with Crippen LogP contribution in [0, 0.1) is 0 Å². The van der Waals surface area contributed by atoms with Gasteiger partial charge >= 0.3 is 6.18 Å². The summed E-state index contributed by atoms with van der Waals surface area (Å²) in [6, 6.07) is 0.600. The molecular weight excluding hydrogens is 285 g/mol. The van der Waals surface area contributed by atoms with Crippen LogP contribution < -0.4 is 5.32 Å². The number of nitrogens with one attached hydrogen (secondary N) is 1. The Labute approximate surface area is 123 Å². The Kier molecular flexibility index (Phi) is 5.87. The van der Waals surface area contributed by atoms with Crippen molar-refractivity contribution in [1.29, 1.82) is 0 Å². The average Bonchev–Trinajstić information content (AvgIpc) is 3.25. The maximum atomic E-state index is 12.2. The summed E-state index contributed by atoms with van der Waals surface area (Å²) in [5.41, 5.74) is 0. The van der Waals surface area contributed by atoms with Gasteiger partial charge in [-0.25, -0.2) is 0 Å². The summed E-state index contributed by atoms with van der Waals surface area (Å²) in [5.74, 6) is -0.0907. The quantitative estimate of drug-likeness (QED) is 0.732. The van der Waals surface area contributed by atoms with E-state index in [1.807, 2.05) is 4.90 Å². The molecule has 7 heteroatoms. The molecule has 1 amide bonds. The van der Waals surface area contributed by atoms with Crippen LogP contribution in [0.3, 0.4) is 0 Å². The number of ether oxygens (including phenoxy) is 1. The van der Waals surface area contributed by atoms with E-state index < -0.39 is 12.8 Å². The lowest BCUT2D eigenvalue weighted by Gasteiger charge is -2.31. The molecule has 0 radical (unpaired) electrons. The topological polar surface area (TPSA) is 41.6 Å². The Hall–Kier alpha value is -0.820. The number of piperidine rings is 1. The van der Waals surface area contributed by atoms with Crippen LogP contribution in [0.5, 0.6) is 0 Å². The van der Waals surface area contributed by atoms with E-state index >= 15 is 0 Å². The monoisotopic (exact) mass is 308 g/mol. The molecule has 2 fully saturated rings. The van der Waals surface area contributed by atoms with Crippen molar-refractivity contribution in [2.75, 3.05) is 26.3 Å². The van der Waals surface area contributed by atoms with Crippen molar-refractivity contribution in [2.24, 2.45) is 0 Å². The maximum absolute atomic E-state index is 12.2. The standard InChI is InChI=1S/C14H23F3N2O2/c15-14(16,17)10-21-8-6-13(20)19(12-4-5-12)9-11-3-1-2-7-18-11/h11-12,18H,1-10H2. The van der Waals surface area contributed by atoms with E-state index in [-0.39, 0.29) is 25.0 Å². The normalized spacial score (nSPS) is 23.1. The van der Waals surface area contributed by atoms with Gasteiger partial charge in [-0.15, -0.1) is 0 Å². The number of hydrogen-bond donors (Lipinski definition) is 1. The first-order valence-electron chi connectivity index (χ1n) is 7.63. The number of halogens is 3. The van der Waals surface area contributed by atoms with Gasteiger partial charge in [0.2, 0.25) is 5.91 Å². The number of hydrogen-bond acceptors (Lipinski definition) is 3. The van der Waals surface area contributed by atoms with Gasteiger partial charge in [-0.1, -0.05) is 6.42 Å². The highest BCUT2D eigenvalue weighted by Crippen LogP contribution is 2.28. The van der Waals surface area contributed by atoms with Crippen molar-refractivity contribution in [1.82, 2.24) is 10.2 Å². The third-order valence-corrected chi connectivity index (χ3v) is 3.86. The molecule has 1 heterocycles. The molecule has 0 aromatic carbocycles. The van der Waals surface area contributed by atoms with Crippen LogP contribution in [-0.2, 0) is 9.53 Å². The van der Waals surface area contributed by atoms with Crippen LogP contribution in [0.2, 0.25) is 0 Å². The Morgan fingerprint density at radius 3 is 2.57 bits per heavy atom. The van der Waals surface area contributed by atoms with Crippen LogP contribution in [0.25, 0.3) is 0 Å². The lowest BCUT2D eigenvalue weighted by Crippen LogP contribution is -2.46.